The minimum absolute atomic E-state index is 0.419. The van der Waals surface area contributed by atoms with Gasteiger partial charge in [-0.15, -0.1) is 0 Å². The summed E-state index contributed by atoms with van der Waals surface area (Å²) < 4.78 is 6.90. The highest BCUT2D eigenvalue weighted by atomic mass is 35.5. The Bertz CT molecular complexity index is 360. The van der Waals surface area contributed by atoms with Crippen molar-refractivity contribution in [2.24, 2.45) is 12.8 Å². The molecule has 0 fully saturated rings. The maximum Gasteiger partial charge on any atom is 0.0850 e. The molecular weight excluding hydrogens is 226 g/mol. The average Bonchev–Trinajstić information content (AvgIpc) is 2.45. The number of aryl methyl sites for hydroxylation is 2. The fourth-order valence-corrected chi connectivity index (χ4v) is 2.14. The summed E-state index contributed by atoms with van der Waals surface area (Å²) in [6.45, 7) is 4.48. The second-order valence-electron chi connectivity index (χ2n) is 4.45. The maximum atomic E-state index is 6.26. The second kappa shape index (κ2) is 5.17. The van der Waals surface area contributed by atoms with Crippen LogP contribution in [0.15, 0.2) is 0 Å². The molecule has 1 aromatic heterocycles. The van der Waals surface area contributed by atoms with Crippen LogP contribution in [0.25, 0.3) is 0 Å². The molecule has 1 rings (SSSR count). The molecular formula is C11H20ClN3O. The van der Waals surface area contributed by atoms with Crippen LogP contribution in [-0.4, -0.2) is 29.0 Å². The molecule has 1 heterocycles. The van der Waals surface area contributed by atoms with Crippen molar-refractivity contribution in [3.63, 3.8) is 0 Å². The van der Waals surface area contributed by atoms with Gasteiger partial charge in [0.25, 0.3) is 0 Å². The Morgan fingerprint density at radius 1 is 1.56 bits per heavy atom. The van der Waals surface area contributed by atoms with Crippen molar-refractivity contribution < 1.29 is 4.74 Å². The molecule has 0 bridgehead atoms. The molecule has 0 aliphatic rings. The first-order valence-electron chi connectivity index (χ1n) is 5.39. The van der Waals surface area contributed by atoms with Crippen LogP contribution in [0.3, 0.4) is 0 Å². The van der Waals surface area contributed by atoms with E-state index in [4.69, 9.17) is 22.1 Å². The number of nitrogens with two attached hydrogens (primary N) is 1. The number of aromatic nitrogens is 2. The van der Waals surface area contributed by atoms with Gasteiger partial charge in [-0.1, -0.05) is 18.5 Å². The third kappa shape index (κ3) is 2.97. The standard InChI is InChI=1S/C11H20ClN3O/c1-5-8-10(12)9(15(3)14-8)6-11(2,13)7-16-4/h5-7,13H2,1-4H3. The van der Waals surface area contributed by atoms with Crippen LogP contribution in [0.5, 0.6) is 0 Å². The summed E-state index contributed by atoms with van der Waals surface area (Å²) in [6.07, 6.45) is 1.49. The molecule has 92 valence electrons. The Labute approximate surface area is 102 Å². The van der Waals surface area contributed by atoms with Crippen LogP contribution in [0.2, 0.25) is 5.02 Å². The van der Waals surface area contributed by atoms with Gasteiger partial charge < -0.3 is 10.5 Å². The summed E-state index contributed by atoms with van der Waals surface area (Å²) in [7, 11) is 3.54. The van der Waals surface area contributed by atoms with Gasteiger partial charge in [-0.25, -0.2) is 0 Å². The Balaban J connectivity index is 2.92. The SMILES string of the molecule is CCc1nn(C)c(CC(C)(N)COC)c1Cl. The molecule has 0 amide bonds. The van der Waals surface area contributed by atoms with E-state index >= 15 is 0 Å². The third-order valence-corrected chi connectivity index (χ3v) is 2.98. The topological polar surface area (TPSA) is 53.1 Å². The van der Waals surface area contributed by atoms with Crippen molar-refractivity contribution in [1.82, 2.24) is 9.78 Å². The molecule has 0 aliphatic heterocycles. The van der Waals surface area contributed by atoms with E-state index in [0.29, 0.717) is 13.0 Å². The summed E-state index contributed by atoms with van der Waals surface area (Å²) in [5.74, 6) is 0. The first-order valence-corrected chi connectivity index (χ1v) is 5.77. The van der Waals surface area contributed by atoms with E-state index < -0.39 is 5.54 Å². The lowest BCUT2D eigenvalue weighted by Gasteiger charge is -2.23. The van der Waals surface area contributed by atoms with Gasteiger partial charge in [-0.2, -0.15) is 5.10 Å². The Kier molecular flexibility index (Phi) is 4.35. The van der Waals surface area contributed by atoms with Crippen LogP contribution in [0.1, 0.15) is 25.2 Å². The van der Waals surface area contributed by atoms with E-state index in [1.807, 2.05) is 25.6 Å². The van der Waals surface area contributed by atoms with E-state index in [1.54, 1.807) is 7.11 Å². The van der Waals surface area contributed by atoms with Gasteiger partial charge in [-0.05, 0) is 13.3 Å². The lowest BCUT2D eigenvalue weighted by molar-refractivity contribution is 0.140. The molecule has 16 heavy (non-hydrogen) atoms. The van der Waals surface area contributed by atoms with Crippen molar-refractivity contribution in [2.45, 2.75) is 32.2 Å². The normalized spacial score (nSPS) is 15.1. The zero-order valence-corrected chi connectivity index (χ0v) is 11.1. The molecule has 0 saturated heterocycles. The third-order valence-electron chi connectivity index (χ3n) is 2.55. The molecule has 1 atom stereocenters. The minimum atomic E-state index is -0.419. The van der Waals surface area contributed by atoms with Crippen LogP contribution in [-0.2, 0) is 24.6 Å². The first-order chi connectivity index (χ1) is 7.41. The van der Waals surface area contributed by atoms with Gasteiger partial charge >= 0.3 is 0 Å². The predicted octanol–water partition coefficient (Wildman–Crippen LogP) is 1.54. The lowest BCUT2D eigenvalue weighted by Crippen LogP contribution is -2.43. The Morgan fingerprint density at radius 3 is 2.62 bits per heavy atom. The van der Waals surface area contributed by atoms with Crippen LogP contribution in [0.4, 0.5) is 0 Å². The second-order valence-corrected chi connectivity index (χ2v) is 4.83. The first kappa shape index (κ1) is 13.5. The average molecular weight is 246 g/mol. The van der Waals surface area contributed by atoms with Gasteiger partial charge in [0.1, 0.15) is 0 Å². The predicted molar refractivity (Wildman–Crippen MR) is 65.8 cm³/mol. The van der Waals surface area contributed by atoms with Crippen LogP contribution >= 0.6 is 11.6 Å². The summed E-state index contributed by atoms with van der Waals surface area (Å²) in [5.41, 5.74) is 7.60. The molecule has 2 N–H and O–H groups in total. The molecule has 0 aromatic carbocycles. The Hall–Kier alpha value is -0.580. The largest absolute Gasteiger partial charge is 0.383 e. The van der Waals surface area contributed by atoms with Gasteiger partial charge in [0, 0.05) is 26.1 Å². The molecule has 1 aromatic rings. The quantitative estimate of drug-likeness (QED) is 0.856. The fraction of sp³-hybridized carbons (Fsp3) is 0.727. The van der Waals surface area contributed by atoms with Crippen LogP contribution < -0.4 is 5.73 Å². The van der Waals surface area contributed by atoms with Crippen molar-refractivity contribution in [3.05, 3.63) is 16.4 Å². The fourth-order valence-electron chi connectivity index (χ4n) is 1.78. The van der Waals surface area contributed by atoms with Gasteiger partial charge in [0.15, 0.2) is 0 Å². The summed E-state index contributed by atoms with van der Waals surface area (Å²) in [4.78, 5) is 0. The molecule has 0 aliphatic carbocycles. The monoisotopic (exact) mass is 245 g/mol. The van der Waals surface area contributed by atoms with Gasteiger partial charge in [0.05, 0.1) is 23.0 Å². The van der Waals surface area contributed by atoms with Crippen LogP contribution in [0, 0.1) is 0 Å². The van der Waals surface area contributed by atoms with E-state index in [-0.39, 0.29) is 0 Å². The number of rotatable bonds is 5. The number of ether oxygens (including phenoxy) is 1. The maximum absolute atomic E-state index is 6.26. The summed E-state index contributed by atoms with van der Waals surface area (Å²) in [6, 6.07) is 0. The molecule has 0 saturated carbocycles. The van der Waals surface area contributed by atoms with Crippen molar-refractivity contribution >= 4 is 11.6 Å². The van der Waals surface area contributed by atoms with Gasteiger partial charge in [-0.3, -0.25) is 4.68 Å². The zero-order valence-electron chi connectivity index (χ0n) is 10.4. The van der Waals surface area contributed by atoms with Crippen molar-refractivity contribution in [1.29, 1.82) is 0 Å². The number of methoxy groups -OCH3 is 1. The molecule has 5 heteroatoms. The van der Waals surface area contributed by atoms with Gasteiger partial charge in [0.2, 0.25) is 0 Å². The number of nitrogens with zero attached hydrogens (tertiary/aromatic N) is 2. The summed E-state index contributed by atoms with van der Waals surface area (Å²) in [5, 5.41) is 5.10. The molecule has 0 radical (unpaired) electrons. The highest BCUT2D eigenvalue weighted by Gasteiger charge is 2.24. The highest BCUT2D eigenvalue weighted by molar-refractivity contribution is 6.31. The molecule has 4 nitrogen and oxygen atoms in total. The van der Waals surface area contributed by atoms with E-state index in [0.717, 1.165) is 22.8 Å². The number of hydrogen-bond acceptors (Lipinski definition) is 3. The molecule has 1 unspecified atom stereocenters. The smallest absolute Gasteiger partial charge is 0.0850 e. The van der Waals surface area contributed by atoms with Crippen molar-refractivity contribution in [2.75, 3.05) is 13.7 Å². The minimum Gasteiger partial charge on any atom is -0.383 e. The van der Waals surface area contributed by atoms with Crippen molar-refractivity contribution in [3.8, 4) is 0 Å². The van der Waals surface area contributed by atoms with E-state index in [1.165, 1.54) is 0 Å². The highest BCUT2D eigenvalue weighted by Crippen LogP contribution is 2.24. The van der Waals surface area contributed by atoms with E-state index in [2.05, 4.69) is 5.10 Å². The number of halogens is 1. The summed E-state index contributed by atoms with van der Waals surface area (Å²) >= 11 is 6.26. The molecule has 0 spiro atoms. The number of hydrogen-bond donors (Lipinski definition) is 1. The zero-order chi connectivity index (χ0) is 12.3. The van der Waals surface area contributed by atoms with E-state index in [9.17, 15) is 0 Å². The Morgan fingerprint density at radius 2 is 2.19 bits per heavy atom. The lowest BCUT2D eigenvalue weighted by atomic mass is 9.98.